The minimum atomic E-state index is -0.838. The first-order valence-corrected chi connectivity index (χ1v) is 5.96. The summed E-state index contributed by atoms with van der Waals surface area (Å²) in [6, 6.07) is 0.0996. The summed E-state index contributed by atoms with van der Waals surface area (Å²) in [7, 11) is 0. The van der Waals surface area contributed by atoms with Crippen LogP contribution in [0.15, 0.2) is 0 Å². The van der Waals surface area contributed by atoms with Gasteiger partial charge in [-0.05, 0) is 25.7 Å². The number of carbonyl (C=O) groups is 2. The van der Waals surface area contributed by atoms with Crippen LogP contribution in [-0.4, -0.2) is 23.0 Å². The van der Waals surface area contributed by atoms with Crippen LogP contribution in [0.25, 0.3) is 0 Å². The third-order valence-electron chi connectivity index (χ3n) is 3.54. The minimum Gasteiger partial charge on any atom is -0.481 e. The number of hydrogen-bond acceptors (Lipinski definition) is 2. The van der Waals surface area contributed by atoms with Crippen molar-refractivity contribution in [1.29, 1.82) is 0 Å². The first kappa shape index (κ1) is 13.0. The monoisotopic (exact) mass is 227 g/mol. The normalized spacial score (nSPS) is 26.8. The summed E-state index contributed by atoms with van der Waals surface area (Å²) in [6.45, 7) is 6.02. The zero-order valence-corrected chi connectivity index (χ0v) is 10.2. The van der Waals surface area contributed by atoms with E-state index in [1.54, 1.807) is 0 Å². The van der Waals surface area contributed by atoms with Crippen LogP contribution in [-0.2, 0) is 9.59 Å². The summed E-state index contributed by atoms with van der Waals surface area (Å²) in [6.07, 6.45) is 2.17. The Labute approximate surface area is 96.4 Å². The molecule has 1 aliphatic carbocycles. The molecule has 92 valence electrons. The highest BCUT2D eigenvalue weighted by molar-refractivity contribution is 5.85. The van der Waals surface area contributed by atoms with E-state index in [-0.39, 0.29) is 17.9 Å². The lowest BCUT2D eigenvalue weighted by atomic mass is 9.94. The molecule has 1 rings (SSSR count). The maximum Gasteiger partial charge on any atom is 0.307 e. The van der Waals surface area contributed by atoms with E-state index in [4.69, 9.17) is 5.11 Å². The van der Waals surface area contributed by atoms with Gasteiger partial charge in [-0.15, -0.1) is 0 Å². The van der Waals surface area contributed by atoms with Gasteiger partial charge in [0, 0.05) is 6.04 Å². The molecular formula is C12H21NO3. The topological polar surface area (TPSA) is 66.4 Å². The maximum atomic E-state index is 11.9. The molecule has 2 N–H and O–H groups in total. The van der Waals surface area contributed by atoms with E-state index in [9.17, 15) is 9.59 Å². The number of aliphatic carboxylic acids is 1. The Morgan fingerprint density at radius 3 is 2.25 bits per heavy atom. The van der Waals surface area contributed by atoms with Crippen molar-refractivity contribution >= 4 is 11.9 Å². The van der Waals surface area contributed by atoms with Gasteiger partial charge >= 0.3 is 5.97 Å². The molecule has 0 aromatic rings. The summed E-state index contributed by atoms with van der Waals surface area (Å²) >= 11 is 0. The molecule has 1 unspecified atom stereocenters. The first-order chi connectivity index (χ1) is 7.43. The molecule has 1 saturated carbocycles. The summed E-state index contributed by atoms with van der Waals surface area (Å²) in [5.41, 5.74) is 0. The Morgan fingerprint density at radius 2 is 1.75 bits per heavy atom. The number of carbonyl (C=O) groups excluding carboxylic acids is 1. The second-order valence-electron chi connectivity index (χ2n) is 5.02. The Morgan fingerprint density at radius 1 is 1.19 bits per heavy atom. The maximum absolute atomic E-state index is 11.9. The van der Waals surface area contributed by atoms with E-state index in [0.717, 1.165) is 6.42 Å². The molecule has 0 aliphatic heterocycles. The van der Waals surface area contributed by atoms with Crippen molar-refractivity contribution in [2.45, 2.75) is 46.1 Å². The average Bonchev–Trinajstić information content (AvgIpc) is 2.65. The molecule has 0 spiro atoms. The molecule has 4 heteroatoms. The quantitative estimate of drug-likeness (QED) is 0.767. The van der Waals surface area contributed by atoms with E-state index in [0.29, 0.717) is 18.8 Å². The SMILES string of the molecule is CC(C)C(C)NC(=O)[C@@H]1CCC[C@@H]1C(=O)O. The lowest BCUT2D eigenvalue weighted by molar-refractivity contribution is -0.146. The number of amides is 1. The number of rotatable bonds is 4. The average molecular weight is 227 g/mol. The first-order valence-electron chi connectivity index (χ1n) is 5.96. The predicted molar refractivity (Wildman–Crippen MR) is 60.9 cm³/mol. The summed E-state index contributed by atoms with van der Waals surface area (Å²) in [5.74, 6) is -1.38. The van der Waals surface area contributed by atoms with Gasteiger partial charge in [-0.25, -0.2) is 0 Å². The third-order valence-corrected chi connectivity index (χ3v) is 3.54. The van der Waals surface area contributed by atoms with Crippen LogP contribution in [0.2, 0.25) is 0 Å². The van der Waals surface area contributed by atoms with Gasteiger partial charge < -0.3 is 10.4 Å². The number of nitrogens with one attached hydrogen (secondary N) is 1. The van der Waals surface area contributed by atoms with Crippen molar-refractivity contribution in [3.05, 3.63) is 0 Å². The van der Waals surface area contributed by atoms with Gasteiger partial charge in [0.05, 0.1) is 11.8 Å². The van der Waals surface area contributed by atoms with Crippen molar-refractivity contribution in [2.24, 2.45) is 17.8 Å². The molecule has 0 heterocycles. The molecule has 0 aromatic carbocycles. The van der Waals surface area contributed by atoms with Gasteiger partial charge in [-0.1, -0.05) is 20.3 Å². The summed E-state index contributed by atoms with van der Waals surface area (Å²) < 4.78 is 0. The summed E-state index contributed by atoms with van der Waals surface area (Å²) in [5, 5.41) is 11.9. The fraction of sp³-hybridized carbons (Fsp3) is 0.833. The highest BCUT2D eigenvalue weighted by atomic mass is 16.4. The van der Waals surface area contributed by atoms with Crippen LogP contribution in [0.1, 0.15) is 40.0 Å². The van der Waals surface area contributed by atoms with Crippen LogP contribution < -0.4 is 5.32 Å². The fourth-order valence-electron chi connectivity index (χ4n) is 2.07. The summed E-state index contributed by atoms with van der Waals surface area (Å²) in [4.78, 5) is 22.9. The van der Waals surface area contributed by atoms with Crippen LogP contribution >= 0.6 is 0 Å². The minimum absolute atomic E-state index is 0.0916. The lowest BCUT2D eigenvalue weighted by Crippen LogP contribution is -2.42. The van der Waals surface area contributed by atoms with E-state index in [2.05, 4.69) is 5.32 Å². The fourth-order valence-corrected chi connectivity index (χ4v) is 2.07. The number of carboxylic acids is 1. The number of carboxylic acid groups (broad SMARTS) is 1. The van der Waals surface area contributed by atoms with E-state index >= 15 is 0 Å². The van der Waals surface area contributed by atoms with Crippen molar-refractivity contribution < 1.29 is 14.7 Å². The molecule has 1 amide bonds. The van der Waals surface area contributed by atoms with Crippen molar-refractivity contribution in [1.82, 2.24) is 5.32 Å². The molecule has 0 bridgehead atoms. The van der Waals surface area contributed by atoms with E-state index in [1.165, 1.54) is 0 Å². The van der Waals surface area contributed by atoms with E-state index in [1.807, 2.05) is 20.8 Å². The zero-order valence-electron chi connectivity index (χ0n) is 10.2. The Bertz CT molecular complexity index is 275. The molecule has 0 saturated heterocycles. The third kappa shape index (κ3) is 2.97. The Hall–Kier alpha value is -1.06. The van der Waals surface area contributed by atoms with E-state index < -0.39 is 11.9 Å². The van der Waals surface area contributed by atoms with Crippen LogP contribution in [0.4, 0.5) is 0 Å². The van der Waals surface area contributed by atoms with Gasteiger partial charge in [0.15, 0.2) is 0 Å². The largest absolute Gasteiger partial charge is 0.481 e. The molecular weight excluding hydrogens is 206 g/mol. The Kier molecular flexibility index (Phi) is 4.33. The molecule has 3 atom stereocenters. The Balaban J connectivity index is 2.56. The predicted octanol–water partition coefficient (Wildman–Crippen LogP) is 1.65. The molecule has 1 aliphatic rings. The number of hydrogen-bond donors (Lipinski definition) is 2. The smallest absolute Gasteiger partial charge is 0.307 e. The van der Waals surface area contributed by atoms with Gasteiger partial charge in [-0.3, -0.25) is 9.59 Å². The molecule has 0 aromatic heterocycles. The van der Waals surface area contributed by atoms with Crippen molar-refractivity contribution in [3.8, 4) is 0 Å². The highest BCUT2D eigenvalue weighted by Crippen LogP contribution is 2.32. The second kappa shape index (κ2) is 5.32. The van der Waals surface area contributed by atoms with Gasteiger partial charge in [-0.2, -0.15) is 0 Å². The van der Waals surface area contributed by atoms with Gasteiger partial charge in [0.1, 0.15) is 0 Å². The standard InChI is InChI=1S/C12H21NO3/c1-7(2)8(3)13-11(14)9-5-4-6-10(9)12(15)16/h7-10H,4-6H2,1-3H3,(H,13,14)(H,15,16)/t8?,9-,10+/m1/s1. The molecule has 16 heavy (non-hydrogen) atoms. The lowest BCUT2D eigenvalue weighted by Gasteiger charge is -2.21. The van der Waals surface area contributed by atoms with Gasteiger partial charge in [0.25, 0.3) is 0 Å². The van der Waals surface area contributed by atoms with Crippen LogP contribution in [0.5, 0.6) is 0 Å². The van der Waals surface area contributed by atoms with Crippen LogP contribution in [0.3, 0.4) is 0 Å². The molecule has 0 radical (unpaired) electrons. The van der Waals surface area contributed by atoms with Crippen molar-refractivity contribution in [2.75, 3.05) is 0 Å². The zero-order chi connectivity index (χ0) is 12.3. The second-order valence-corrected chi connectivity index (χ2v) is 5.02. The van der Waals surface area contributed by atoms with Crippen molar-refractivity contribution in [3.63, 3.8) is 0 Å². The molecule has 1 fully saturated rings. The van der Waals surface area contributed by atoms with Crippen LogP contribution in [0, 0.1) is 17.8 Å². The van der Waals surface area contributed by atoms with Gasteiger partial charge in [0.2, 0.25) is 5.91 Å². The highest BCUT2D eigenvalue weighted by Gasteiger charge is 2.38. The molecule has 4 nitrogen and oxygen atoms in total.